The third-order valence-electron chi connectivity index (χ3n) is 4.63. The highest BCUT2D eigenvalue weighted by Crippen LogP contribution is 2.28. The van der Waals surface area contributed by atoms with Crippen molar-refractivity contribution in [3.8, 4) is 22.5 Å². The lowest BCUT2D eigenvalue weighted by atomic mass is 10.0. The monoisotopic (exact) mass is 372 g/mol. The van der Waals surface area contributed by atoms with Crippen LogP contribution < -0.4 is 5.32 Å². The molecule has 0 bridgehead atoms. The largest absolute Gasteiger partial charge is 0.354 e. The van der Waals surface area contributed by atoms with Crippen molar-refractivity contribution in [3.63, 3.8) is 0 Å². The number of carbonyl (C=O) groups excluding carboxylic acids is 2. The third-order valence-corrected chi connectivity index (χ3v) is 4.63. The van der Waals surface area contributed by atoms with E-state index >= 15 is 0 Å². The Balaban J connectivity index is 1.76. The van der Waals surface area contributed by atoms with E-state index in [2.05, 4.69) is 15.3 Å². The van der Waals surface area contributed by atoms with Crippen LogP contribution in [0.2, 0.25) is 0 Å². The number of carbonyl (C=O) groups is 2. The van der Waals surface area contributed by atoms with Gasteiger partial charge in [-0.1, -0.05) is 60.7 Å². The van der Waals surface area contributed by atoms with Crippen molar-refractivity contribution in [3.05, 3.63) is 72.6 Å². The number of amides is 2. The topological polar surface area (TPSA) is 75.2 Å². The van der Waals surface area contributed by atoms with Gasteiger partial charge in [0.2, 0.25) is 5.91 Å². The van der Waals surface area contributed by atoms with Crippen LogP contribution in [-0.2, 0) is 4.79 Å². The van der Waals surface area contributed by atoms with Gasteiger partial charge in [0.1, 0.15) is 5.69 Å². The summed E-state index contributed by atoms with van der Waals surface area (Å²) in [6.07, 6.45) is 2.22. The molecule has 1 saturated heterocycles. The van der Waals surface area contributed by atoms with Crippen molar-refractivity contribution in [2.75, 3.05) is 19.6 Å². The Morgan fingerprint density at radius 3 is 2.25 bits per heavy atom. The van der Waals surface area contributed by atoms with E-state index in [0.29, 0.717) is 18.8 Å². The minimum absolute atomic E-state index is 0.0433. The van der Waals surface area contributed by atoms with E-state index in [4.69, 9.17) is 0 Å². The van der Waals surface area contributed by atoms with Crippen LogP contribution in [0.1, 0.15) is 16.9 Å². The van der Waals surface area contributed by atoms with Crippen LogP contribution in [0.15, 0.2) is 66.9 Å². The van der Waals surface area contributed by atoms with Gasteiger partial charge >= 0.3 is 0 Å². The van der Waals surface area contributed by atoms with Crippen LogP contribution in [0.25, 0.3) is 22.5 Å². The molecule has 140 valence electrons. The molecule has 6 heteroatoms. The lowest BCUT2D eigenvalue weighted by Crippen LogP contribution is -2.37. The summed E-state index contributed by atoms with van der Waals surface area (Å²) < 4.78 is 0. The standard InChI is InChI=1S/C22H20N4O2/c27-19-15-26(13-7-12-23-19)22(28)18-14-24-20(16-8-3-1-4-9-16)21(25-18)17-10-5-2-6-11-17/h1-6,8-11,14H,7,12-13,15H2,(H,23,27). The van der Waals surface area contributed by atoms with Gasteiger partial charge in [-0.25, -0.2) is 4.98 Å². The summed E-state index contributed by atoms with van der Waals surface area (Å²) in [6, 6.07) is 19.5. The van der Waals surface area contributed by atoms with Crippen LogP contribution in [0.4, 0.5) is 0 Å². The molecule has 1 aromatic heterocycles. The van der Waals surface area contributed by atoms with E-state index in [-0.39, 0.29) is 24.1 Å². The first-order valence-electron chi connectivity index (χ1n) is 9.26. The van der Waals surface area contributed by atoms with E-state index in [1.54, 1.807) is 0 Å². The molecule has 6 nitrogen and oxygen atoms in total. The molecule has 0 atom stereocenters. The molecule has 1 fully saturated rings. The highest BCUT2D eigenvalue weighted by molar-refractivity contribution is 5.96. The molecule has 1 aliphatic heterocycles. The van der Waals surface area contributed by atoms with Gasteiger partial charge in [-0.05, 0) is 6.42 Å². The van der Waals surface area contributed by atoms with Crippen LogP contribution >= 0.6 is 0 Å². The number of benzene rings is 2. The van der Waals surface area contributed by atoms with E-state index in [1.165, 1.54) is 11.1 Å². The minimum Gasteiger partial charge on any atom is -0.354 e. The number of hydrogen-bond acceptors (Lipinski definition) is 4. The maximum atomic E-state index is 13.0. The SMILES string of the molecule is O=C1CN(C(=O)c2cnc(-c3ccccc3)c(-c3ccccc3)n2)CCCN1. The van der Waals surface area contributed by atoms with Gasteiger partial charge in [0, 0.05) is 24.2 Å². The number of hydrogen-bond donors (Lipinski definition) is 1. The fourth-order valence-corrected chi connectivity index (χ4v) is 3.24. The molecular formula is C22H20N4O2. The lowest BCUT2D eigenvalue weighted by molar-refractivity contribution is -0.121. The van der Waals surface area contributed by atoms with E-state index in [0.717, 1.165) is 23.2 Å². The van der Waals surface area contributed by atoms with Gasteiger partial charge in [0.05, 0.1) is 24.1 Å². The van der Waals surface area contributed by atoms with Crippen LogP contribution in [0.5, 0.6) is 0 Å². The zero-order valence-corrected chi connectivity index (χ0v) is 15.3. The molecule has 2 amide bonds. The van der Waals surface area contributed by atoms with Crippen molar-refractivity contribution in [1.82, 2.24) is 20.2 Å². The van der Waals surface area contributed by atoms with Gasteiger partial charge < -0.3 is 10.2 Å². The zero-order chi connectivity index (χ0) is 19.3. The predicted octanol–water partition coefficient (Wildman–Crippen LogP) is 2.77. The Hall–Kier alpha value is -3.54. The molecule has 0 aliphatic carbocycles. The average Bonchev–Trinajstić information content (AvgIpc) is 2.98. The molecular weight excluding hydrogens is 352 g/mol. The first-order chi connectivity index (χ1) is 13.7. The maximum Gasteiger partial charge on any atom is 0.274 e. The van der Waals surface area contributed by atoms with Crippen LogP contribution in [0.3, 0.4) is 0 Å². The fourth-order valence-electron chi connectivity index (χ4n) is 3.24. The Bertz CT molecular complexity index is 990. The number of nitrogens with zero attached hydrogens (tertiary/aromatic N) is 3. The quantitative estimate of drug-likeness (QED) is 0.767. The van der Waals surface area contributed by atoms with Crippen LogP contribution in [-0.4, -0.2) is 46.3 Å². The van der Waals surface area contributed by atoms with Crippen LogP contribution in [0, 0.1) is 0 Å². The van der Waals surface area contributed by atoms with Gasteiger partial charge in [-0.15, -0.1) is 0 Å². The Morgan fingerprint density at radius 2 is 1.57 bits per heavy atom. The Kier molecular flexibility index (Phi) is 5.10. The minimum atomic E-state index is -0.277. The molecule has 1 aliphatic rings. The summed E-state index contributed by atoms with van der Waals surface area (Å²) in [6.45, 7) is 1.14. The first-order valence-corrected chi connectivity index (χ1v) is 9.26. The summed E-state index contributed by atoms with van der Waals surface area (Å²) in [4.78, 5) is 35.6. The highest BCUT2D eigenvalue weighted by atomic mass is 16.2. The molecule has 1 N–H and O–H groups in total. The summed E-state index contributed by atoms with van der Waals surface area (Å²) >= 11 is 0. The second kappa shape index (κ2) is 8.00. The van der Waals surface area contributed by atoms with Crippen molar-refractivity contribution in [1.29, 1.82) is 0 Å². The second-order valence-corrected chi connectivity index (χ2v) is 6.61. The van der Waals surface area contributed by atoms with Gasteiger partial charge in [0.15, 0.2) is 0 Å². The zero-order valence-electron chi connectivity index (χ0n) is 15.3. The fraction of sp³-hybridized carbons (Fsp3) is 0.182. The highest BCUT2D eigenvalue weighted by Gasteiger charge is 2.23. The average molecular weight is 372 g/mol. The molecule has 28 heavy (non-hydrogen) atoms. The summed E-state index contributed by atoms with van der Waals surface area (Å²) in [5, 5.41) is 2.78. The first kappa shape index (κ1) is 17.9. The summed E-state index contributed by atoms with van der Waals surface area (Å²) in [5.41, 5.74) is 3.43. The van der Waals surface area contributed by atoms with E-state index in [9.17, 15) is 9.59 Å². The van der Waals surface area contributed by atoms with Crippen molar-refractivity contribution < 1.29 is 9.59 Å². The summed E-state index contributed by atoms with van der Waals surface area (Å²) in [7, 11) is 0. The second-order valence-electron chi connectivity index (χ2n) is 6.61. The molecule has 0 unspecified atom stereocenters. The van der Waals surface area contributed by atoms with Crippen molar-refractivity contribution in [2.45, 2.75) is 6.42 Å². The molecule has 4 rings (SSSR count). The Morgan fingerprint density at radius 1 is 0.929 bits per heavy atom. The maximum absolute atomic E-state index is 13.0. The molecule has 2 aromatic carbocycles. The van der Waals surface area contributed by atoms with Gasteiger partial charge in [-0.3, -0.25) is 14.6 Å². The molecule has 2 heterocycles. The lowest BCUT2D eigenvalue weighted by Gasteiger charge is -2.19. The number of rotatable bonds is 3. The van der Waals surface area contributed by atoms with E-state index in [1.807, 2.05) is 60.7 Å². The molecule has 3 aromatic rings. The van der Waals surface area contributed by atoms with Gasteiger partial charge in [0.25, 0.3) is 5.91 Å². The Labute approximate surface area is 163 Å². The molecule has 0 saturated carbocycles. The number of nitrogens with one attached hydrogen (secondary N) is 1. The van der Waals surface area contributed by atoms with Crippen molar-refractivity contribution >= 4 is 11.8 Å². The molecule has 0 radical (unpaired) electrons. The summed E-state index contributed by atoms with van der Waals surface area (Å²) in [5.74, 6) is -0.427. The third kappa shape index (κ3) is 3.76. The van der Waals surface area contributed by atoms with Crippen molar-refractivity contribution in [2.24, 2.45) is 0 Å². The van der Waals surface area contributed by atoms with Gasteiger partial charge in [-0.2, -0.15) is 0 Å². The number of aromatic nitrogens is 2. The predicted molar refractivity (Wildman–Crippen MR) is 106 cm³/mol. The van der Waals surface area contributed by atoms with E-state index < -0.39 is 0 Å². The molecule has 0 spiro atoms. The smallest absolute Gasteiger partial charge is 0.274 e. The normalized spacial score (nSPS) is 14.3.